The van der Waals surface area contributed by atoms with Crippen molar-refractivity contribution >= 4 is 29.3 Å². The number of benzene rings is 2. The largest absolute Gasteiger partial charge is 0.344 e. The Hall–Kier alpha value is -3.91. The first-order valence-electron chi connectivity index (χ1n) is 10.4. The standard InChI is InChI=1S/C25H23N5O2S/c31-23(29-25(19-7-3-1-4-8-19)20-11-13-26-14-12-20)17-30-16-21(15-27-30)28-24(32)18-33-22-9-5-2-6-10-22/h1-16,25H,17-18H2,(H,28,32)(H,29,31). The van der Waals surface area contributed by atoms with Crippen molar-refractivity contribution in [3.8, 4) is 0 Å². The average molecular weight is 458 g/mol. The highest BCUT2D eigenvalue weighted by molar-refractivity contribution is 8.00. The maximum absolute atomic E-state index is 12.8. The van der Waals surface area contributed by atoms with Crippen LogP contribution in [0.5, 0.6) is 0 Å². The van der Waals surface area contributed by atoms with E-state index in [2.05, 4.69) is 20.7 Å². The Morgan fingerprint density at radius 2 is 1.55 bits per heavy atom. The predicted molar refractivity (Wildman–Crippen MR) is 129 cm³/mol. The van der Waals surface area contributed by atoms with Gasteiger partial charge < -0.3 is 10.6 Å². The van der Waals surface area contributed by atoms with Gasteiger partial charge in [-0.15, -0.1) is 11.8 Å². The number of carbonyl (C=O) groups excluding carboxylic acids is 2. The molecule has 2 amide bonds. The van der Waals surface area contributed by atoms with Gasteiger partial charge in [-0.3, -0.25) is 19.3 Å². The number of nitrogens with zero attached hydrogens (tertiary/aromatic N) is 3. The van der Waals surface area contributed by atoms with Crippen LogP contribution in [0.2, 0.25) is 0 Å². The molecular formula is C25H23N5O2S. The fourth-order valence-electron chi connectivity index (χ4n) is 3.29. The summed E-state index contributed by atoms with van der Waals surface area (Å²) in [5, 5.41) is 10.1. The zero-order chi connectivity index (χ0) is 22.9. The number of aromatic nitrogens is 3. The molecule has 2 aromatic carbocycles. The molecule has 0 saturated heterocycles. The van der Waals surface area contributed by atoms with Crippen LogP contribution in [0.4, 0.5) is 5.69 Å². The molecule has 2 aromatic heterocycles. The number of hydrogen-bond donors (Lipinski definition) is 2. The number of hydrogen-bond acceptors (Lipinski definition) is 5. The zero-order valence-electron chi connectivity index (χ0n) is 17.8. The van der Waals surface area contributed by atoms with Gasteiger partial charge in [0.25, 0.3) is 0 Å². The van der Waals surface area contributed by atoms with Crippen LogP contribution in [0.15, 0.2) is 102 Å². The van der Waals surface area contributed by atoms with E-state index in [-0.39, 0.29) is 24.4 Å². The van der Waals surface area contributed by atoms with E-state index in [1.165, 1.54) is 22.6 Å². The summed E-state index contributed by atoms with van der Waals surface area (Å²) >= 11 is 1.46. The Balaban J connectivity index is 1.34. The average Bonchev–Trinajstić information content (AvgIpc) is 3.29. The number of anilines is 1. The van der Waals surface area contributed by atoms with Gasteiger partial charge in [0.05, 0.1) is 23.7 Å². The molecular weight excluding hydrogens is 434 g/mol. The highest BCUT2D eigenvalue weighted by atomic mass is 32.2. The van der Waals surface area contributed by atoms with Crippen LogP contribution < -0.4 is 10.6 Å². The third-order valence-corrected chi connectivity index (χ3v) is 5.83. The van der Waals surface area contributed by atoms with Crippen LogP contribution in [0.25, 0.3) is 0 Å². The summed E-state index contributed by atoms with van der Waals surface area (Å²) in [6.45, 7) is 0.0308. The molecule has 0 aliphatic heterocycles. The van der Waals surface area contributed by atoms with E-state index in [4.69, 9.17) is 0 Å². The van der Waals surface area contributed by atoms with Gasteiger partial charge >= 0.3 is 0 Å². The van der Waals surface area contributed by atoms with Crippen LogP contribution in [0.1, 0.15) is 17.2 Å². The molecule has 4 rings (SSSR count). The molecule has 0 fully saturated rings. The molecule has 0 bridgehead atoms. The quantitative estimate of drug-likeness (QED) is 0.372. The first kappa shape index (κ1) is 22.3. The maximum atomic E-state index is 12.8. The van der Waals surface area contributed by atoms with Gasteiger partial charge in [-0.2, -0.15) is 5.10 Å². The summed E-state index contributed by atoms with van der Waals surface area (Å²) in [5.74, 6) is -0.0312. The molecule has 0 aliphatic carbocycles. The first-order chi connectivity index (χ1) is 16.2. The molecule has 1 atom stereocenters. The van der Waals surface area contributed by atoms with E-state index in [0.717, 1.165) is 16.0 Å². The topological polar surface area (TPSA) is 88.9 Å². The lowest BCUT2D eigenvalue weighted by molar-refractivity contribution is -0.122. The summed E-state index contributed by atoms with van der Waals surface area (Å²) in [6, 6.07) is 23.0. The van der Waals surface area contributed by atoms with Crippen molar-refractivity contribution < 1.29 is 9.59 Å². The van der Waals surface area contributed by atoms with E-state index in [1.807, 2.05) is 72.8 Å². The summed E-state index contributed by atoms with van der Waals surface area (Å²) in [4.78, 5) is 30.1. The number of nitrogens with one attached hydrogen (secondary N) is 2. The van der Waals surface area contributed by atoms with Crippen LogP contribution in [0.3, 0.4) is 0 Å². The lowest BCUT2D eigenvalue weighted by Gasteiger charge is -2.19. The molecule has 2 heterocycles. The van der Waals surface area contributed by atoms with Crippen molar-refractivity contribution in [2.75, 3.05) is 11.1 Å². The van der Waals surface area contributed by atoms with Crippen molar-refractivity contribution in [1.29, 1.82) is 0 Å². The molecule has 0 radical (unpaired) electrons. The zero-order valence-corrected chi connectivity index (χ0v) is 18.6. The van der Waals surface area contributed by atoms with Crippen LogP contribution in [0, 0.1) is 0 Å². The Labute approximate surface area is 196 Å². The van der Waals surface area contributed by atoms with Gasteiger partial charge in [0.1, 0.15) is 6.54 Å². The molecule has 8 heteroatoms. The number of carbonyl (C=O) groups is 2. The van der Waals surface area contributed by atoms with Gasteiger partial charge in [-0.1, -0.05) is 48.5 Å². The molecule has 0 aliphatic rings. The number of thioether (sulfide) groups is 1. The van der Waals surface area contributed by atoms with E-state index in [1.54, 1.807) is 18.6 Å². The highest BCUT2D eigenvalue weighted by Gasteiger charge is 2.17. The Bertz CT molecular complexity index is 1140. The highest BCUT2D eigenvalue weighted by Crippen LogP contribution is 2.21. The second-order valence-corrected chi connectivity index (χ2v) is 8.32. The Kier molecular flexibility index (Phi) is 7.50. The van der Waals surface area contributed by atoms with Crippen molar-refractivity contribution in [3.05, 3.63) is 109 Å². The van der Waals surface area contributed by atoms with Crippen molar-refractivity contribution in [1.82, 2.24) is 20.1 Å². The Morgan fingerprint density at radius 1 is 0.879 bits per heavy atom. The van der Waals surface area contributed by atoms with E-state index < -0.39 is 0 Å². The number of amides is 2. The van der Waals surface area contributed by atoms with Gasteiger partial charge in [0, 0.05) is 23.5 Å². The monoisotopic (exact) mass is 457 g/mol. The van der Waals surface area contributed by atoms with Crippen molar-refractivity contribution in [2.24, 2.45) is 0 Å². The van der Waals surface area contributed by atoms with E-state index in [0.29, 0.717) is 11.4 Å². The second-order valence-electron chi connectivity index (χ2n) is 7.27. The maximum Gasteiger partial charge on any atom is 0.242 e. The van der Waals surface area contributed by atoms with Crippen LogP contribution in [-0.2, 0) is 16.1 Å². The first-order valence-corrected chi connectivity index (χ1v) is 11.4. The molecule has 4 aromatic rings. The molecule has 2 N–H and O–H groups in total. The third kappa shape index (κ3) is 6.54. The fourth-order valence-corrected chi connectivity index (χ4v) is 4.01. The van der Waals surface area contributed by atoms with Gasteiger partial charge in [0.2, 0.25) is 11.8 Å². The summed E-state index contributed by atoms with van der Waals surface area (Å²) in [5.41, 5.74) is 2.46. The molecule has 0 spiro atoms. The lowest BCUT2D eigenvalue weighted by Crippen LogP contribution is -2.32. The molecule has 166 valence electrons. The van der Waals surface area contributed by atoms with Gasteiger partial charge in [-0.25, -0.2) is 0 Å². The molecule has 7 nitrogen and oxygen atoms in total. The van der Waals surface area contributed by atoms with E-state index in [9.17, 15) is 9.59 Å². The minimum absolute atomic E-state index is 0.0308. The van der Waals surface area contributed by atoms with E-state index >= 15 is 0 Å². The lowest BCUT2D eigenvalue weighted by atomic mass is 10.00. The normalized spacial score (nSPS) is 11.5. The Morgan fingerprint density at radius 3 is 2.27 bits per heavy atom. The minimum atomic E-state index is -0.300. The van der Waals surface area contributed by atoms with Crippen LogP contribution in [-0.4, -0.2) is 32.3 Å². The van der Waals surface area contributed by atoms with Gasteiger partial charge in [0.15, 0.2) is 0 Å². The molecule has 1 unspecified atom stereocenters. The SMILES string of the molecule is O=C(CSc1ccccc1)Nc1cnn(CC(=O)NC(c2ccccc2)c2ccncc2)c1. The molecule has 0 saturated carbocycles. The summed E-state index contributed by atoms with van der Waals surface area (Å²) in [7, 11) is 0. The predicted octanol–water partition coefficient (Wildman–Crippen LogP) is 3.91. The molecule has 33 heavy (non-hydrogen) atoms. The number of pyridine rings is 1. The summed E-state index contributed by atoms with van der Waals surface area (Å²) in [6.07, 6.45) is 6.59. The van der Waals surface area contributed by atoms with Crippen LogP contribution >= 0.6 is 11.8 Å². The fraction of sp³-hybridized carbons (Fsp3) is 0.120. The van der Waals surface area contributed by atoms with Crippen molar-refractivity contribution in [3.63, 3.8) is 0 Å². The third-order valence-electron chi connectivity index (χ3n) is 4.81. The smallest absolute Gasteiger partial charge is 0.242 e. The number of rotatable bonds is 9. The summed E-state index contributed by atoms with van der Waals surface area (Å²) < 4.78 is 1.50. The second kappa shape index (κ2) is 11.1. The van der Waals surface area contributed by atoms with Crippen molar-refractivity contribution in [2.45, 2.75) is 17.5 Å². The minimum Gasteiger partial charge on any atom is -0.344 e. The van der Waals surface area contributed by atoms with Gasteiger partial charge in [-0.05, 0) is 35.4 Å².